The molecule has 1 N–H and O–H groups in total. The number of carbonyl (C=O) groups excluding carboxylic acids is 1. The summed E-state index contributed by atoms with van der Waals surface area (Å²) in [6, 6.07) is 12.5. The summed E-state index contributed by atoms with van der Waals surface area (Å²) in [5.74, 6) is -0.718. The van der Waals surface area contributed by atoms with Crippen molar-refractivity contribution in [3.63, 3.8) is 0 Å². The van der Waals surface area contributed by atoms with Gasteiger partial charge in [-0.1, -0.05) is 48.0 Å². The summed E-state index contributed by atoms with van der Waals surface area (Å²) in [5, 5.41) is 0. The first-order valence-corrected chi connectivity index (χ1v) is 13.0. The zero-order valence-electron chi connectivity index (χ0n) is 18.4. The lowest BCUT2D eigenvalue weighted by atomic mass is 10.1. The summed E-state index contributed by atoms with van der Waals surface area (Å²) in [4.78, 5) is 12.1. The number of nitrogens with one attached hydrogen (secondary N) is 1. The molecule has 2 aromatic rings. The maximum absolute atomic E-state index is 12.8. The number of carbonyl (C=O) groups is 1. The monoisotopic (exact) mass is 481 g/mol. The Balaban J connectivity index is 2.10. The molecule has 32 heavy (non-hydrogen) atoms. The van der Waals surface area contributed by atoms with Crippen LogP contribution in [0.1, 0.15) is 22.3 Å². The van der Waals surface area contributed by atoms with E-state index >= 15 is 0 Å². The van der Waals surface area contributed by atoms with E-state index in [1.165, 1.54) is 0 Å². The van der Waals surface area contributed by atoms with Gasteiger partial charge in [0.1, 0.15) is 12.7 Å². The molecule has 0 spiro atoms. The van der Waals surface area contributed by atoms with E-state index in [1.807, 2.05) is 13.0 Å². The van der Waals surface area contributed by atoms with Gasteiger partial charge in [-0.15, -0.1) is 0 Å². The molecule has 10 heteroatoms. The molecule has 0 bridgehead atoms. The minimum atomic E-state index is -3.95. The van der Waals surface area contributed by atoms with Gasteiger partial charge >= 0.3 is 5.97 Å². The second-order valence-corrected chi connectivity index (χ2v) is 10.7. The quantitative estimate of drug-likeness (QED) is 0.315. The summed E-state index contributed by atoms with van der Waals surface area (Å²) in [7, 11) is -7.87. The van der Waals surface area contributed by atoms with Gasteiger partial charge in [0.25, 0.3) is 10.1 Å². The highest BCUT2D eigenvalue weighted by Crippen LogP contribution is 2.21. The lowest BCUT2D eigenvalue weighted by molar-refractivity contribution is -0.139. The smallest absolute Gasteiger partial charge is 0.330 e. The number of benzene rings is 2. The average Bonchev–Trinajstić information content (AvgIpc) is 2.67. The van der Waals surface area contributed by atoms with Crippen molar-refractivity contribution in [3.05, 3.63) is 76.9 Å². The molecule has 0 aliphatic heterocycles. The van der Waals surface area contributed by atoms with Gasteiger partial charge in [-0.2, -0.15) is 8.42 Å². The highest BCUT2D eigenvalue weighted by molar-refractivity contribution is 7.89. The van der Waals surface area contributed by atoms with E-state index in [0.717, 1.165) is 29.5 Å². The van der Waals surface area contributed by atoms with Crippen molar-refractivity contribution in [2.24, 2.45) is 0 Å². The van der Waals surface area contributed by atoms with Crippen LogP contribution in [0, 0.1) is 20.8 Å². The number of sulfonamides is 1. The number of ether oxygens (including phenoxy) is 1. The van der Waals surface area contributed by atoms with E-state index in [4.69, 9.17) is 8.92 Å². The maximum Gasteiger partial charge on any atom is 0.330 e. The Morgan fingerprint density at radius 3 is 2.19 bits per heavy atom. The van der Waals surface area contributed by atoms with Gasteiger partial charge in [0, 0.05) is 12.6 Å². The fourth-order valence-electron chi connectivity index (χ4n) is 3.18. The first kappa shape index (κ1) is 25.7. The van der Waals surface area contributed by atoms with Gasteiger partial charge < -0.3 is 4.74 Å². The Labute approximate surface area is 189 Å². The topological polar surface area (TPSA) is 116 Å². The molecule has 0 aliphatic rings. The van der Waals surface area contributed by atoms with Crippen LogP contribution in [0.5, 0.6) is 0 Å². The van der Waals surface area contributed by atoms with Crippen LogP contribution in [0.3, 0.4) is 0 Å². The second kappa shape index (κ2) is 10.9. The van der Waals surface area contributed by atoms with E-state index < -0.39 is 38.8 Å². The van der Waals surface area contributed by atoms with Gasteiger partial charge in [0.2, 0.25) is 10.0 Å². The van der Waals surface area contributed by atoms with Crippen molar-refractivity contribution in [2.45, 2.75) is 38.4 Å². The molecule has 8 nitrogen and oxygen atoms in total. The summed E-state index contributed by atoms with van der Waals surface area (Å²) in [5.41, 5.74) is 2.84. The number of rotatable bonds is 10. The Morgan fingerprint density at radius 2 is 1.62 bits per heavy atom. The van der Waals surface area contributed by atoms with Crippen molar-refractivity contribution in [2.75, 3.05) is 12.8 Å². The molecule has 0 radical (unpaired) electrons. The largest absolute Gasteiger partial charge is 0.458 e. The average molecular weight is 482 g/mol. The number of hydrogen-bond donors (Lipinski definition) is 1. The highest BCUT2D eigenvalue weighted by Gasteiger charge is 2.22. The number of hydrogen-bond acceptors (Lipinski definition) is 7. The van der Waals surface area contributed by atoms with Gasteiger partial charge in [-0.3, -0.25) is 4.18 Å². The summed E-state index contributed by atoms with van der Waals surface area (Å²) < 4.78 is 61.2. The van der Waals surface area contributed by atoms with E-state index in [0.29, 0.717) is 11.1 Å². The molecule has 0 saturated heterocycles. The van der Waals surface area contributed by atoms with Crippen LogP contribution in [-0.4, -0.2) is 41.7 Å². The third kappa shape index (κ3) is 8.19. The van der Waals surface area contributed by atoms with Gasteiger partial charge in [-0.05, 0) is 43.5 Å². The van der Waals surface area contributed by atoms with Crippen molar-refractivity contribution >= 4 is 26.1 Å². The normalized spacial score (nSPS) is 13.2. The molecule has 174 valence electrons. The molecule has 0 aliphatic carbocycles. The minimum Gasteiger partial charge on any atom is -0.458 e. The molecule has 0 amide bonds. The van der Waals surface area contributed by atoms with Crippen LogP contribution in [0.2, 0.25) is 0 Å². The van der Waals surface area contributed by atoms with Crippen molar-refractivity contribution in [3.8, 4) is 0 Å². The number of esters is 1. The molecule has 0 aromatic heterocycles. The van der Waals surface area contributed by atoms with Crippen molar-refractivity contribution in [1.82, 2.24) is 4.72 Å². The van der Waals surface area contributed by atoms with Crippen molar-refractivity contribution < 1.29 is 30.6 Å². The van der Waals surface area contributed by atoms with Gasteiger partial charge in [0.05, 0.1) is 11.2 Å². The molecule has 0 heterocycles. The Morgan fingerprint density at radius 1 is 1.03 bits per heavy atom. The van der Waals surface area contributed by atoms with Crippen LogP contribution in [-0.2, 0) is 40.5 Å². The molecule has 1 atom stereocenters. The third-order valence-electron chi connectivity index (χ3n) is 4.32. The van der Waals surface area contributed by atoms with Crippen LogP contribution in [0.4, 0.5) is 0 Å². The van der Waals surface area contributed by atoms with Crippen LogP contribution >= 0.6 is 0 Å². The summed E-state index contributed by atoms with van der Waals surface area (Å²) in [6.07, 6.45) is 1.75. The lowest BCUT2D eigenvalue weighted by Gasteiger charge is -2.16. The Bertz CT molecular complexity index is 1170. The van der Waals surface area contributed by atoms with Crippen LogP contribution < -0.4 is 4.72 Å². The standard InChI is InChI=1S/C22H27NO7S2/c1-16-12-17(2)22(18(3)13-16)32(27,28)23-14-20(30-31(4,25)26)10-11-21(24)29-15-19-8-6-5-7-9-19/h5-13,20,23H,14-15H2,1-4H3/b11-10+/t20-/m0/s1. The summed E-state index contributed by atoms with van der Waals surface area (Å²) in [6.45, 7) is 4.87. The fraction of sp³-hybridized carbons (Fsp3) is 0.318. The van der Waals surface area contributed by atoms with E-state index in [2.05, 4.69) is 4.72 Å². The minimum absolute atomic E-state index is 0.0419. The van der Waals surface area contributed by atoms with E-state index in [-0.39, 0.29) is 11.5 Å². The lowest BCUT2D eigenvalue weighted by Crippen LogP contribution is -2.34. The molecular formula is C22H27NO7S2. The van der Waals surface area contributed by atoms with E-state index in [1.54, 1.807) is 50.2 Å². The van der Waals surface area contributed by atoms with Crippen LogP contribution in [0.15, 0.2) is 59.5 Å². The summed E-state index contributed by atoms with van der Waals surface area (Å²) >= 11 is 0. The Kier molecular flexibility index (Phi) is 8.73. The molecule has 2 aromatic carbocycles. The SMILES string of the molecule is Cc1cc(C)c(S(=O)(=O)NC[C@H](/C=C/C(=O)OCc2ccccc2)OS(C)(=O)=O)c(C)c1. The van der Waals surface area contributed by atoms with Crippen LogP contribution in [0.25, 0.3) is 0 Å². The fourth-order valence-corrected chi connectivity index (χ4v) is 5.25. The molecule has 0 unspecified atom stereocenters. The zero-order chi connectivity index (χ0) is 23.9. The van der Waals surface area contributed by atoms with Gasteiger partial charge in [0.15, 0.2) is 0 Å². The third-order valence-corrected chi connectivity index (χ3v) is 6.64. The van der Waals surface area contributed by atoms with Gasteiger partial charge in [-0.25, -0.2) is 17.9 Å². The highest BCUT2D eigenvalue weighted by atomic mass is 32.2. The predicted octanol–water partition coefficient (Wildman–Crippen LogP) is 2.53. The predicted molar refractivity (Wildman–Crippen MR) is 121 cm³/mol. The van der Waals surface area contributed by atoms with E-state index in [9.17, 15) is 21.6 Å². The second-order valence-electron chi connectivity index (χ2n) is 7.37. The molecule has 0 fully saturated rings. The van der Waals surface area contributed by atoms with Crippen molar-refractivity contribution in [1.29, 1.82) is 0 Å². The molecule has 2 rings (SSSR count). The number of aryl methyl sites for hydroxylation is 3. The molecular weight excluding hydrogens is 454 g/mol. The first-order valence-electron chi connectivity index (χ1n) is 9.72. The zero-order valence-corrected chi connectivity index (χ0v) is 20.0. The molecule has 0 saturated carbocycles. The maximum atomic E-state index is 12.8. The first-order chi connectivity index (χ1) is 14.9. The Hall–Kier alpha value is -2.53.